The molecule has 2 aromatic rings. The Labute approximate surface area is 172 Å². The van der Waals surface area contributed by atoms with Crippen molar-refractivity contribution in [2.45, 2.75) is 31.6 Å². The molecule has 2 aromatic carbocycles. The van der Waals surface area contributed by atoms with Gasteiger partial charge in [0, 0.05) is 30.9 Å². The SMILES string of the molecule is CC1CC(C)CN(S(=O)(=O)c2ccc(C(=O)Nc3ccc(CCO)cc3)cc2)C1. The van der Waals surface area contributed by atoms with E-state index < -0.39 is 10.0 Å². The summed E-state index contributed by atoms with van der Waals surface area (Å²) in [6.45, 7) is 5.28. The van der Waals surface area contributed by atoms with E-state index in [1.807, 2.05) is 12.1 Å². The number of carbonyl (C=O) groups is 1. The van der Waals surface area contributed by atoms with E-state index in [-0.39, 0.29) is 17.4 Å². The lowest BCUT2D eigenvalue weighted by molar-refractivity contribution is 0.102. The lowest BCUT2D eigenvalue weighted by atomic mass is 9.94. The van der Waals surface area contributed by atoms with Crippen molar-refractivity contribution in [2.75, 3.05) is 25.0 Å². The number of nitrogens with zero attached hydrogens (tertiary/aromatic N) is 1. The minimum absolute atomic E-state index is 0.0796. The van der Waals surface area contributed by atoms with Crippen LogP contribution in [-0.4, -0.2) is 43.4 Å². The maximum Gasteiger partial charge on any atom is 0.255 e. The van der Waals surface area contributed by atoms with Gasteiger partial charge in [-0.3, -0.25) is 4.79 Å². The first-order valence-corrected chi connectivity index (χ1v) is 11.3. The summed E-state index contributed by atoms with van der Waals surface area (Å²) in [5.74, 6) is 0.369. The molecule has 29 heavy (non-hydrogen) atoms. The second-order valence-electron chi connectivity index (χ2n) is 7.92. The Balaban J connectivity index is 1.69. The van der Waals surface area contributed by atoms with E-state index in [4.69, 9.17) is 5.11 Å². The lowest BCUT2D eigenvalue weighted by Gasteiger charge is -2.34. The smallest absolute Gasteiger partial charge is 0.255 e. The molecule has 1 aliphatic heterocycles. The number of amides is 1. The number of carbonyl (C=O) groups excluding carboxylic acids is 1. The van der Waals surface area contributed by atoms with Gasteiger partial charge >= 0.3 is 0 Å². The highest BCUT2D eigenvalue weighted by atomic mass is 32.2. The van der Waals surface area contributed by atoms with Gasteiger partial charge < -0.3 is 10.4 Å². The summed E-state index contributed by atoms with van der Waals surface area (Å²) >= 11 is 0. The molecule has 2 atom stereocenters. The monoisotopic (exact) mass is 416 g/mol. The highest BCUT2D eigenvalue weighted by Crippen LogP contribution is 2.26. The van der Waals surface area contributed by atoms with Gasteiger partial charge in [-0.15, -0.1) is 0 Å². The molecule has 0 spiro atoms. The van der Waals surface area contributed by atoms with Gasteiger partial charge in [0.2, 0.25) is 10.0 Å². The van der Waals surface area contributed by atoms with Crippen LogP contribution in [0.15, 0.2) is 53.4 Å². The van der Waals surface area contributed by atoms with Crippen LogP contribution in [0.4, 0.5) is 5.69 Å². The number of hydrogen-bond acceptors (Lipinski definition) is 4. The van der Waals surface area contributed by atoms with Crippen LogP contribution in [0.2, 0.25) is 0 Å². The minimum atomic E-state index is -3.56. The number of aliphatic hydroxyl groups excluding tert-OH is 1. The summed E-state index contributed by atoms with van der Waals surface area (Å²) < 4.78 is 27.4. The van der Waals surface area contributed by atoms with Crippen molar-refractivity contribution in [3.8, 4) is 0 Å². The number of anilines is 1. The second kappa shape index (κ2) is 9.07. The third kappa shape index (κ3) is 5.23. The first-order valence-electron chi connectivity index (χ1n) is 9.91. The molecule has 0 aromatic heterocycles. The average Bonchev–Trinajstić information content (AvgIpc) is 2.69. The standard InChI is InChI=1S/C22H28N2O4S/c1-16-13-17(2)15-24(14-16)29(27,28)21-9-5-19(6-10-21)22(26)23-20-7-3-18(4-8-20)11-12-25/h3-10,16-17,25H,11-15H2,1-2H3,(H,23,26). The number of sulfonamides is 1. The number of piperidine rings is 1. The molecule has 3 rings (SSSR count). The molecule has 7 heteroatoms. The van der Waals surface area contributed by atoms with Crippen molar-refractivity contribution in [3.05, 3.63) is 59.7 Å². The maximum absolute atomic E-state index is 12.9. The van der Waals surface area contributed by atoms with Crippen LogP contribution < -0.4 is 5.32 Å². The van der Waals surface area contributed by atoms with Crippen molar-refractivity contribution in [3.63, 3.8) is 0 Å². The maximum atomic E-state index is 12.9. The Morgan fingerprint density at radius 1 is 1.03 bits per heavy atom. The third-order valence-electron chi connectivity index (χ3n) is 5.20. The molecule has 156 valence electrons. The largest absolute Gasteiger partial charge is 0.396 e. The topological polar surface area (TPSA) is 86.7 Å². The first kappa shape index (κ1) is 21.5. The Bertz CT molecular complexity index is 930. The molecule has 0 saturated carbocycles. The third-order valence-corrected chi connectivity index (χ3v) is 7.05. The zero-order chi connectivity index (χ0) is 21.0. The highest BCUT2D eigenvalue weighted by Gasteiger charge is 2.31. The molecule has 1 heterocycles. The van der Waals surface area contributed by atoms with Gasteiger partial charge in [-0.1, -0.05) is 26.0 Å². The summed E-state index contributed by atoms with van der Waals surface area (Å²) in [6.07, 6.45) is 1.60. The summed E-state index contributed by atoms with van der Waals surface area (Å²) in [4.78, 5) is 12.7. The number of benzene rings is 2. The van der Waals surface area contributed by atoms with Crippen molar-refractivity contribution in [1.82, 2.24) is 4.31 Å². The van der Waals surface area contributed by atoms with Crippen molar-refractivity contribution in [2.24, 2.45) is 11.8 Å². The number of hydrogen-bond donors (Lipinski definition) is 2. The van der Waals surface area contributed by atoms with Gasteiger partial charge in [-0.2, -0.15) is 4.31 Å². The van der Waals surface area contributed by atoms with E-state index in [1.54, 1.807) is 28.6 Å². The van der Waals surface area contributed by atoms with Crippen molar-refractivity contribution in [1.29, 1.82) is 0 Å². The molecular formula is C22H28N2O4S. The zero-order valence-corrected chi connectivity index (χ0v) is 17.7. The summed E-state index contributed by atoms with van der Waals surface area (Å²) in [5.41, 5.74) is 2.02. The Hall–Kier alpha value is -2.22. The van der Waals surface area contributed by atoms with Crippen LogP contribution >= 0.6 is 0 Å². The van der Waals surface area contributed by atoms with Gasteiger partial charge in [0.05, 0.1) is 4.90 Å². The van der Waals surface area contributed by atoms with Crippen LogP contribution in [0.5, 0.6) is 0 Å². The quantitative estimate of drug-likeness (QED) is 0.757. The van der Waals surface area contributed by atoms with Crippen molar-refractivity contribution >= 4 is 21.6 Å². The zero-order valence-electron chi connectivity index (χ0n) is 16.8. The normalized spacial score (nSPS) is 20.4. The van der Waals surface area contributed by atoms with E-state index in [1.165, 1.54) is 12.1 Å². The van der Waals surface area contributed by atoms with E-state index >= 15 is 0 Å². The van der Waals surface area contributed by atoms with Crippen LogP contribution in [0.3, 0.4) is 0 Å². The molecule has 0 aliphatic carbocycles. The van der Waals surface area contributed by atoms with Crippen LogP contribution in [-0.2, 0) is 16.4 Å². The highest BCUT2D eigenvalue weighted by molar-refractivity contribution is 7.89. The summed E-state index contributed by atoms with van der Waals surface area (Å²) in [7, 11) is -3.56. The molecule has 1 amide bonds. The summed E-state index contributed by atoms with van der Waals surface area (Å²) in [5, 5.41) is 11.8. The second-order valence-corrected chi connectivity index (χ2v) is 9.86. The molecule has 0 bridgehead atoms. The van der Waals surface area contributed by atoms with Gasteiger partial charge in [0.15, 0.2) is 0 Å². The fraction of sp³-hybridized carbons (Fsp3) is 0.409. The van der Waals surface area contributed by atoms with Crippen LogP contribution in [0, 0.1) is 11.8 Å². The number of rotatable bonds is 6. The molecule has 1 fully saturated rings. The molecule has 2 unspecified atom stereocenters. The predicted octanol–water partition coefficient (Wildman–Crippen LogP) is 3.14. The van der Waals surface area contributed by atoms with Gasteiger partial charge in [-0.05, 0) is 66.6 Å². The van der Waals surface area contributed by atoms with Gasteiger partial charge in [0.1, 0.15) is 0 Å². The Morgan fingerprint density at radius 2 is 1.62 bits per heavy atom. The number of aliphatic hydroxyl groups is 1. The Morgan fingerprint density at radius 3 is 2.17 bits per heavy atom. The van der Waals surface area contributed by atoms with E-state index in [0.29, 0.717) is 42.6 Å². The van der Waals surface area contributed by atoms with E-state index in [2.05, 4.69) is 19.2 Å². The Kier molecular flexibility index (Phi) is 6.72. The molecule has 1 saturated heterocycles. The first-order chi connectivity index (χ1) is 13.8. The van der Waals surface area contributed by atoms with E-state index in [0.717, 1.165) is 12.0 Å². The number of nitrogens with one attached hydrogen (secondary N) is 1. The molecule has 1 aliphatic rings. The van der Waals surface area contributed by atoms with Crippen LogP contribution in [0.1, 0.15) is 36.2 Å². The molecule has 6 nitrogen and oxygen atoms in total. The van der Waals surface area contributed by atoms with E-state index in [9.17, 15) is 13.2 Å². The average molecular weight is 417 g/mol. The fourth-order valence-electron chi connectivity index (χ4n) is 3.82. The van der Waals surface area contributed by atoms with Gasteiger partial charge in [-0.25, -0.2) is 8.42 Å². The van der Waals surface area contributed by atoms with Crippen molar-refractivity contribution < 1.29 is 18.3 Å². The lowest BCUT2D eigenvalue weighted by Crippen LogP contribution is -2.42. The molecule has 2 N–H and O–H groups in total. The van der Waals surface area contributed by atoms with Gasteiger partial charge in [0.25, 0.3) is 5.91 Å². The predicted molar refractivity (Wildman–Crippen MR) is 113 cm³/mol. The summed E-state index contributed by atoms with van der Waals surface area (Å²) in [6, 6.07) is 13.3. The molecular weight excluding hydrogens is 388 g/mol. The van der Waals surface area contributed by atoms with Crippen LogP contribution in [0.25, 0.3) is 0 Å². The fourth-order valence-corrected chi connectivity index (χ4v) is 5.50. The molecule has 0 radical (unpaired) electrons. The minimum Gasteiger partial charge on any atom is -0.396 e.